The first kappa shape index (κ1) is 16.1. The van der Waals surface area contributed by atoms with Crippen LogP contribution in [0.1, 0.15) is 0 Å². The van der Waals surface area contributed by atoms with E-state index in [-0.39, 0.29) is 9.50 Å². The molecule has 1 N–H and O–H groups in total. The number of nitrogens with one attached hydrogen (secondary N) is 1. The van der Waals surface area contributed by atoms with Crippen molar-refractivity contribution in [2.24, 2.45) is 0 Å². The van der Waals surface area contributed by atoms with E-state index in [9.17, 15) is 21.6 Å². The number of hydrogen-bond donors (Lipinski definition) is 1. The van der Waals surface area contributed by atoms with Gasteiger partial charge in [0, 0.05) is 10.5 Å². The highest BCUT2D eigenvalue weighted by Crippen LogP contribution is 2.31. The van der Waals surface area contributed by atoms with Gasteiger partial charge in [-0.25, -0.2) is 21.6 Å². The standard InChI is InChI=1S/C12H6BrClF3NO2S/c13-7-4-6(15)5-10(17)12(7)21(19,20)18-11-8(14)2-1-3-9(11)16/h1-5,18H. The summed E-state index contributed by atoms with van der Waals surface area (Å²) >= 11 is 8.45. The van der Waals surface area contributed by atoms with Gasteiger partial charge in [-0.2, -0.15) is 0 Å². The minimum atomic E-state index is -4.50. The number of sulfonamides is 1. The van der Waals surface area contributed by atoms with Gasteiger partial charge in [0.1, 0.15) is 28.0 Å². The van der Waals surface area contributed by atoms with Gasteiger partial charge < -0.3 is 0 Å². The Balaban J connectivity index is 2.54. The molecule has 112 valence electrons. The van der Waals surface area contributed by atoms with Gasteiger partial charge in [0.2, 0.25) is 0 Å². The van der Waals surface area contributed by atoms with Gasteiger partial charge in [0.15, 0.2) is 0 Å². The van der Waals surface area contributed by atoms with Gasteiger partial charge in [-0.3, -0.25) is 4.72 Å². The maximum atomic E-state index is 13.7. The van der Waals surface area contributed by atoms with Crippen molar-refractivity contribution in [1.29, 1.82) is 0 Å². The first-order valence-electron chi connectivity index (χ1n) is 5.34. The molecule has 3 nitrogen and oxygen atoms in total. The van der Waals surface area contributed by atoms with Crippen molar-refractivity contribution in [3.05, 3.63) is 57.3 Å². The number of para-hydroxylation sites is 1. The number of rotatable bonds is 3. The fraction of sp³-hybridized carbons (Fsp3) is 0. The van der Waals surface area contributed by atoms with Crippen LogP contribution in [0.3, 0.4) is 0 Å². The lowest BCUT2D eigenvalue weighted by Crippen LogP contribution is -2.16. The molecular formula is C12H6BrClF3NO2S. The molecule has 0 aliphatic rings. The van der Waals surface area contributed by atoms with Crippen molar-refractivity contribution >= 4 is 43.2 Å². The highest BCUT2D eigenvalue weighted by Gasteiger charge is 2.25. The Bertz CT molecular complexity index is 771. The summed E-state index contributed by atoms with van der Waals surface area (Å²) in [4.78, 5) is -0.844. The van der Waals surface area contributed by atoms with Crippen LogP contribution in [0.25, 0.3) is 0 Å². The highest BCUT2D eigenvalue weighted by atomic mass is 79.9. The zero-order valence-corrected chi connectivity index (χ0v) is 13.2. The van der Waals surface area contributed by atoms with Crippen LogP contribution in [0, 0.1) is 17.5 Å². The van der Waals surface area contributed by atoms with Crippen molar-refractivity contribution in [3.63, 3.8) is 0 Å². The van der Waals surface area contributed by atoms with Gasteiger partial charge >= 0.3 is 0 Å². The van der Waals surface area contributed by atoms with Gasteiger partial charge in [-0.1, -0.05) is 17.7 Å². The third-order valence-electron chi connectivity index (χ3n) is 2.43. The van der Waals surface area contributed by atoms with Gasteiger partial charge in [-0.05, 0) is 34.1 Å². The molecule has 0 saturated heterocycles. The molecule has 0 aliphatic heterocycles. The van der Waals surface area contributed by atoms with E-state index in [0.29, 0.717) is 6.07 Å². The first-order valence-corrected chi connectivity index (χ1v) is 7.99. The monoisotopic (exact) mass is 399 g/mol. The van der Waals surface area contributed by atoms with Crippen LogP contribution in [0.5, 0.6) is 0 Å². The normalized spacial score (nSPS) is 11.5. The molecule has 0 radical (unpaired) electrons. The van der Waals surface area contributed by atoms with E-state index in [0.717, 1.165) is 12.1 Å². The van der Waals surface area contributed by atoms with Crippen LogP contribution in [0.4, 0.5) is 18.9 Å². The lowest BCUT2D eigenvalue weighted by atomic mass is 10.3. The maximum absolute atomic E-state index is 13.7. The Morgan fingerprint density at radius 3 is 2.33 bits per heavy atom. The molecule has 0 spiro atoms. The molecule has 0 amide bonds. The van der Waals surface area contributed by atoms with Gasteiger partial charge in [0.05, 0.1) is 5.02 Å². The Morgan fingerprint density at radius 1 is 1.10 bits per heavy atom. The van der Waals surface area contributed by atoms with E-state index in [1.165, 1.54) is 12.1 Å². The maximum Gasteiger partial charge on any atom is 0.266 e. The van der Waals surface area contributed by atoms with Crippen LogP contribution < -0.4 is 4.72 Å². The average Bonchev–Trinajstić information content (AvgIpc) is 2.32. The van der Waals surface area contributed by atoms with Gasteiger partial charge in [0.25, 0.3) is 10.0 Å². The molecule has 0 heterocycles. The molecule has 0 saturated carbocycles. The minimum Gasteiger partial charge on any atom is -0.275 e. The molecule has 2 aromatic rings. The Hall–Kier alpha value is -1.25. The number of benzene rings is 2. The van der Waals surface area contributed by atoms with Crippen LogP contribution in [0.2, 0.25) is 5.02 Å². The summed E-state index contributed by atoms with van der Waals surface area (Å²) in [6.45, 7) is 0. The Kier molecular flexibility index (Phi) is 4.50. The SMILES string of the molecule is O=S(=O)(Nc1c(F)cccc1Cl)c1c(F)cc(F)cc1Br. The lowest BCUT2D eigenvalue weighted by Gasteiger charge is -2.12. The van der Waals surface area contributed by atoms with Crippen LogP contribution >= 0.6 is 27.5 Å². The zero-order chi connectivity index (χ0) is 15.8. The molecule has 2 rings (SSSR count). The predicted molar refractivity (Wildman–Crippen MR) is 76.3 cm³/mol. The smallest absolute Gasteiger partial charge is 0.266 e. The van der Waals surface area contributed by atoms with Gasteiger partial charge in [-0.15, -0.1) is 0 Å². The number of anilines is 1. The molecule has 21 heavy (non-hydrogen) atoms. The second kappa shape index (κ2) is 5.86. The molecule has 0 unspecified atom stereocenters. The third kappa shape index (κ3) is 3.33. The summed E-state index contributed by atoms with van der Waals surface area (Å²) in [7, 11) is -4.50. The van der Waals surface area contributed by atoms with E-state index in [1.807, 2.05) is 4.72 Å². The minimum absolute atomic E-state index is 0.197. The summed E-state index contributed by atoms with van der Waals surface area (Å²) in [6, 6.07) is 4.71. The third-order valence-corrected chi connectivity index (χ3v) is 5.06. The summed E-state index contributed by atoms with van der Waals surface area (Å²) < 4.78 is 66.0. The quantitative estimate of drug-likeness (QED) is 0.834. The predicted octanol–water partition coefficient (Wildman–Crippen LogP) is 4.32. The topological polar surface area (TPSA) is 46.2 Å². The van der Waals surface area contributed by atoms with Crippen molar-refractivity contribution in [2.75, 3.05) is 4.72 Å². The summed E-state index contributed by atoms with van der Waals surface area (Å²) in [5.74, 6) is -3.20. The van der Waals surface area contributed by atoms with E-state index < -0.39 is 38.1 Å². The van der Waals surface area contributed by atoms with Crippen molar-refractivity contribution in [3.8, 4) is 0 Å². The van der Waals surface area contributed by atoms with Crippen LogP contribution in [-0.4, -0.2) is 8.42 Å². The molecule has 0 fully saturated rings. The lowest BCUT2D eigenvalue weighted by molar-refractivity contribution is 0.548. The number of hydrogen-bond acceptors (Lipinski definition) is 2. The largest absolute Gasteiger partial charge is 0.275 e. The Labute approximate surface area is 131 Å². The van der Waals surface area contributed by atoms with E-state index >= 15 is 0 Å². The Morgan fingerprint density at radius 2 is 1.76 bits per heavy atom. The first-order chi connectivity index (χ1) is 9.72. The van der Waals surface area contributed by atoms with E-state index in [2.05, 4.69) is 15.9 Å². The fourth-order valence-corrected chi connectivity index (χ4v) is 4.09. The molecule has 9 heteroatoms. The summed E-state index contributed by atoms with van der Waals surface area (Å²) in [5.41, 5.74) is -0.519. The van der Waals surface area contributed by atoms with E-state index in [1.54, 1.807) is 0 Å². The van der Waals surface area contributed by atoms with Crippen molar-refractivity contribution in [2.45, 2.75) is 4.90 Å². The molecule has 0 bridgehead atoms. The fourth-order valence-electron chi connectivity index (χ4n) is 1.57. The van der Waals surface area contributed by atoms with Crippen molar-refractivity contribution < 1.29 is 21.6 Å². The molecular weight excluding hydrogens is 395 g/mol. The molecule has 0 aliphatic carbocycles. The van der Waals surface area contributed by atoms with Crippen LogP contribution in [-0.2, 0) is 10.0 Å². The second-order valence-corrected chi connectivity index (χ2v) is 6.78. The highest BCUT2D eigenvalue weighted by molar-refractivity contribution is 9.10. The van der Waals surface area contributed by atoms with Crippen LogP contribution in [0.15, 0.2) is 39.7 Å². The summed E-state index contributed by atoms with van der Waals surface area (Å²) in [5, 5.41) is -0.197. The molecule has 2 aromatic carbocycles. The average molecular weight is 401 g/mol. The van der Waals surface area contributed by atoms with Crippen molar-refractivity contribution in [1.82, 2.24) is 0 Å². The molecule has 0 aromatic heterocycles. The molecule has 0 atom stereocenters. The zero-order valence-electron chi connectivity index (χ0n) is 10.0. The number of halogens is 5. The van der Waals surface area contributed by atoms with E-state index in [4.69, 9.17) is 11.6 Å². The second-order valence-electron chi connectivity index (χ2n) is 3.90. The summed E-state index contributed by atoms with van der Waals surface area (Å²) in [6.07, 6.45) is 0.